The first-order valence-corrected chi connectivity index (χ1v) is 17.2. The normalized spacial score (nSPS) is 10.5. The van der Waals surface area contributed by atoms with Crippen LogP contribution in [0.1, 0.15) is 26.3 Å². The van der Waals surface area contributed by atoms with Crippen molar-refractivity contribution in [3.63, 3.8) is 0 Å². The number of hydrogen-bond donors (Lipinski definition) is 0. The molecule has 0 fully saturated rings. The van der Waals surface area contributed by atoms with Crippen molar-refractivity contribution in [3.8, 4) is 0 Å². The van der Waals surface area contributed by atoms with Crippen LogP contribution in [0.4, 0.5) is 0 Å². The van der Waals surface area contributed by atoms with E-state index in [4.69, 9.17) is 12.6 Å². The van der Waals surface area contributed by atoms with Crippen LogP contribution in [0.15, 0.2) is 146 Å². The predicted molar refractivity (Wildman–Crippen MR) is 185 cm³/mol. The second-order valence-corrected chi connectivity index (χ2v) is 16.2. The van der Waals surface area contributed by atoms with Crippen molar-refractivity contribution in [1.29, 1.82) is 0 Å². The first-order chi connectivity index (χ1) is 19.3. The minimum Gasteiger partial charge on any atom is -0.787 e. The van der Waals surface area contributed by atoms with Crippen molar-refractivity contribution >= 4 is 49.7 Å². The second kappa shape index (κ2) is 19.2. The third-order valence-corrected chi connectivity index (χ3v) is 11.1. The molecule has 5 aromatic carbocycles. The predicted octanol–water partition coefficient (Wildman–Crippen LogP) is 8.38. The molecule has 41 heavy (non-hydrogen) atoms. The summed E-state index contributed by atoms with van der Waals surface area (Å²) in [5.74, 6) is 0. The van der Waals surface area contributed by atoms with Crippen molar-refractivity contribution in [3.05, 3.63) is 157 Å². The van der Waals surface area contributed by atoms with Gasteiger partial charge in [0.2, 0.25) is 0 Å². The third-order valence-electron chi connectivity index (χ3n) is 5.68. The molecule has 0 saturated heterocycles. The van der Waals surface area contributed by atoms with Crippen molar-refractivity contribution in [1.82, 2.24) is 0 Å². The van der Waals surface area contributed by atoms with Gasteiger partial charge in [-0.2, -0.15) is 40.6 Å². The summed E-state index contributed by atoms with van der Waals surface area (Å²) in [5.41, 5.74) is 1.27. The topological polar surface area (TPSA) is 0 Å². The third kappa shape index (κ3) is 14.1. The number of aryl methyl sites for hydroxylation is 1. The molecule has 0 radical (unpaired) electrons. The van der Waals surface area contributed by atoms with Crippen LogP contribution in [0.2, 0.25) is 0 Å². The molecule has 4 heteroatoms. The van der Waals surface area contributed by atoms with Crippen LogP contribution < -0.4 is 21.2 Å². The summed E-state index contributed by atoms with van der Waals surface area (Å²) in [7, 11) is -0.696. The number of hydrogen-bond acceptors (Lipinski definition) is 1. The molecule has 0 aliphatic heterocycles. The zero-order valence-corrected chi connectivity index (χ0v) is 28.5. The summed E-state index contributed by atoms with van der Waals surface area (Å²) in [5, 5.41) is 5.89. The largest absolute Gasteiger partial charge is 2.00 e. The van der Waals surface area contributed by atoms with Gasteiger partial charge in [0.1, 0.15) is 0 Å². The molecular formula is C37H40P2PdS. The Morgan fingerprint density at radius 3 is 1.02 bits per heavy atom. The van der Waals surface area contributed by atoms with E-state index in [1.807, 2.05) is 39.0 Å². The fourth-order valence-corrected chi connectivity index (χ4v) is 9.29. The Bertz CT molecular complexity index is 1160. The van der Waals surface area contributed by atoms with Crippen LogP contribution in [0, 0.1) is 13.0 Å². The van der Waals surface area contributed by atoms with Crippen LogP contribution in [-0.4, -0.2) is 17.1 Å². The molecule has 0 nitrogen and oxygen atoms in total. The quantitative estimate of drug-likeness (QED) is 0.0719. The Labute approximate surface area is 270 Å². The molecule has 0 aliphatic rings. The van der Waals surface area contributed by atoms with Gasteiger partial charge in [-0.25, -0.2) is 0 Å². The van der Waals surface area contributed by atoms with Gasteiger partial charge in [-0.15, -0.1) is 0 Å². The Hall–Kier alpha value is -2.03. The van der Waals surface area contributed by atoms with E-state index < -0.39 is 0 Å². The zero-order valence-electron chi connectivity index (χ0n) is 24.4. The molecule has 0 bridgehead atoms. The van der Waals surface area contributed by atoms with E-state index >= 15 is 0 Å². The molecule has 0 aromatic heterocycles. The molecule has 0 atom stereocenters. The molecule has 0 N–H and O–H groups in total. The van der Waals surface area contributed by atoms with Crippen LogP contribution >= 0.6 is 15.8 Å². The minimum atomic E-state index is -0.348. The van der Waals surface area contributed by atoms with Crippen LogP contribution in [0.25, 0.3) is 0 Å². The fourth-order valence-electron chi connectivity index (χ4n) is 3.93. The Morgan fingerprint density at radius 2 is 0.829 bits per heavy atom. The molecule has 0 heterocycles. The van der Waals surface area contributed by atoms with Gasteiger partial charge < -0.3 is 12.6 Å². The average molecular weight is 685 g/mol. The molecule has 0 saturated carbocycles. The summed E-state index contributed by atoms with van der Waals surface area (Å²) >= 11 is 4.83. The van der Waals surface area contributed by atoms with Crippen LogP contribution in [0.5, 0.6) is 0 Å². The summed E-state index contributed by atoms with van der Waals surface area (Å²) < 4.78 is 0.0833. The van der Waals surface area contributed by atoms with Gasteiger partial charge in [0.05, 0.1) is 0 Å². The summed E-state index contributed by atoms with van der Waals surface area (Å²) in [6, 6.07) is 55.1. The summed E-state index contributed by atoms with van der Waals surface area (Å²) in [6.45, 7) is 8.06. The van der Waals surface area contributed by atoms with Crippen molar-refractivity contribution < 1.29 is 20.4 Å². The fraction of sp³-hybridized carbons (Fsp3) is 0.189. The Kier molecular flexibility index (Phi) is 16.5. The molecule has 5 aromatic rings. The average Bonchev–Trinajstić information content (AvgIpc) is 2.97. The molecule has 0 spiro atoms. The van der Waals surface area contributed by atoms with E-state index in [0.717, 1.165) is 0 Å². The van der Waals surface area contributed by atoms with E-state index in [9.17, 15) is 0 Å². The minimum absolute atomic E-state index is 0. The van der Waals surface area contributed by atoms with Crippen LogP contribution in [-0.2, 0) is 33.1 Å². The van der Waals surface area contributed by atoms with Gasteiger partial charge in [-0.05, 0) is 49.4 Å². The Morgan fingerprint density at radius 1 is 0.537 bits per heavy atom. The van der Waals surface area contributed by atoms with Crippen LogP contribution in [0.3, 0.4) is 0 Å². The maximum Gasteiger partial charge on any atom is 2.00 e. The first-order valence-electron chi connectivity index (χ1n) is 13.7. The van der Waals surface area contributed by atoms with E-state index in [0.29, 0.717) is 0 Å². The molecule has 5 rings (SSSR count). The maximum atomic E-state index is 4.83. The standard InChI is InChI=1S/C26H24P2.C7H7.C4H10S.Pd/c1-5-13-23(14-6-1)27(24-15-7-2-8-16-24)21-22-28(25-17-9-3-10-18-25)26-19-11-4-12-20-26;1-7-5-3-2-4-6-7;1-4(2,3)5;/h1-20H,21-22H2;2-3,5-6H,1H3;5H,1-3H3;/q;-1;;+2/p-1. The molecule has 214 valence electrons. The monoisotopic (exact) mass is 684 g/mol. The second-order valence-electron chi connectivity index (χ2n) is 10.3. The SMILES string of the molecule is CC(C)(C)[S-].Cc1c[c-]ccc1.[Pd+2].c1ccc(P(CCP(c2ccccc2)c2ccccc2)c2ccccc2)cc1. The molecule has 0 aliphatic carbocycles. The van der Waals surface area contributed by atoms with E-state index in [1.165, 1.54) is 39.1 Å². The number of benzene rings is 5. The molecule has 0 amide bonds. The molecular weight excluding hydrogens is 645 g/mol. The van der Waals surface area contributed by atoms with E-state index in [1.54, 1.807) is 0 Å². The van der Waals surface area contributed by atoms with Gasteiger partial charge in [0, 0.05) is 0 Å². The van der Waals surface area contributed by atoms with Gasteiger partial charge in [-0.3, -0.25) is 0 Å². The summed E-state index contributed by atoms with van der Waals surface area (Å²) in [4.78, 5) is 0. The van der Waals surface area contributed by atoms with Gasteiger partial charge in [-0.1, -0.05) is 149 Å². The van der Waals surface area contributed by atoms with Crippen molar-refractivity contribution in [2.75, 3.05) is 12.3 Å². The number of rotatable bonds is 7. The molecule has 0 unspecified atom stereocenters. The van der Waals surface area contributed by atoms with Gasteiger partial charge >= 0.3 is 20.4 Å². The van der Waals surface area contributed by atoms with Gasteiger partial charge in [0.15, 0.2) is 0 Å². The smallest absolute Gasteiger partial charge is 0.787 e. The van der Waals surface area contributed by atoms with E-state index in [-0.39, 0.29) is 41.0 Å². The summed E-state index contributed by atoms with van der Waals surface area (Å²) in [6.07, 6.45) is 2.41. The zero-order chi connectivity index (χ0) is 28.6. The maximum absolute atomic E-state index is 4.83. The van der Waals surface area contributed by atoms with Gasteiger partial charge in [0.25, 0.3) is 0 Å². The van der Waals surface area contributed by atoms with Crippen molar-refractivity contribution in [2.24, 2.45) is 0 Å². The first kappa shape index (κ1) is 35.2. The Balaban J connectivity index is 0.000000378. The van der Waals surface area contributed by atoms with Crippen molar-refractivity contribution in [2.45, 2.75) is 32.4 Å². The van der Waals surface area contributed by atoms with E-state index in [2.05, 4.69) is 140 Å².